The Bertz CT molecular complexity index is 1210. The van der Waals surface area contributed by atoms with E-state index in [1.165, 1.54) is 24.6 Å². The van der Waals surface area contributed by atoms with Gasteiger partial charge in [-0.25, -0.2) is 9.97 Å². The Hall–Kier alpha value is -2.42. The highest BCUT2D eigenvalue weighted by molar-refractivity contribution is 6.33. The number of halogens is 3. The number of hydrogen-bond acceptors (Lipinski definition) is 6. The Balaban J connectivity index is 1.10. The molecule has 0 aliphatic carbocycles. The summed E-state index contributed by atoms with van der Waals surface area (Å²) in [6.45, 7) is 6.86. The zero-order chi connectivity index (χ0) is 25.8. The summed E-state index contributed by atoms with van der Waals surface area (Å²) in [4.78, 5) is 28.5. The number of nitrogens with zero attached hydrogens (tertiary/aromatic N) is 5. The standard InChI is InChI=1S/C27H29Cl3N6O/c28-21-3-1-19(2-4-21)18-34-9-7-23(8-10-34)35-11-13-36(14-12-35)26-24(30)15-20(16-32-26)27(37)33-25-6-5-22(29)17-31-25/h1-6,15-17,23H,7-14,18H2,(H,31,33,37). The molecule has 1 amide bonds. The maximum absolute atomic E-state index is 12.6. The summed E-state index contributed by atoms with van der Waals surface area (Å²) in [7, 11) is 0. The molecule has 0 bridgehead atoms. The van der Waals surface area contributed by atoms with Crippen LogP contribution in [-0.2, 0) is 6.54 Å². The highest BCUT2D eigenvalue weighted by atomic mass is 35.5. The van der Waals surface area contributed by atoms with Gasteiger partial charge in [-0.3, -0.25) is 14.6 Å². The molecule has 0 spiro atoms. The zero-order valence-electron chi connectivity index (χ0n) is 20.4. The minimum Gasteiger partial charge on any atom is -0.353 e. The van der Waals surface area contributed by atoms with Gasteiger partial charge in [0.2, 0.25) is 0 Å². The second kappa shape index (κ2) is 12.0. The van der Waals surface area contributed by atoms with Crippen molar-refractivity contribution in [3.63, 3.8) is 0 Å². The lowest BCUT2D eigenvalue weighted by Crippen LogP contribution is -2.53. The van der Waals surface area contributed by atoms with Crippen molar-refractivity contribution < 1.29 is 4.79 Å². The average molecular weight is 560 g/mol. The smallest absolute Gasteiger partial charge is 0.258 e. The summed E-state index contributed by atoms with van der Waals surface area (Å²) in [5.41, 5.74) is 1.69. The van der Waals surface area contributed by atoms with Crippen molar-refractivity contribution in [1.82, 2.24) is 19.8 Å². The van der Waals surface area contributed by atoms with Gasteiger partial charge in [-0.05, 0) is 61.8 Å². The van der Waals surface area contributed by atoms with Crippen molar-refractivity contribution in [3.05, 3.63) is 81.1 Å². The molecule has 0 saturated carbocycles. The molecular weight excluding hydrogens is 531 g/mol. The molecule has 37 heavy (non-hydrogen) atoms. The third-order valence-corrected chi connectivity index (χ3v) is 7.81. The first kappa shape index (κ1) is 26.2. The quantitative estimate of drug-likeness (QED) is 0.432. The molecule has 7 nitrogen and oxygen atoms in total. The van der Waals surface area contributed by atoms with E-state index in [1.54, 1.807) is 24.4 Å². The van der Waals surface area contributed by atoms with Crippen LogP contribution in [0.3, 0.4) is 0 Å². The fourth-order valence-electron chi connectivity index (χ4n) is 5.02. The van der Waals surface area contributed by atoms with E-state index in [9.17, 15) is 4.79 Å². The molecule has 5 rings (SSSR count). The van der Waals surface area contributed by atoms with Crippen molar-refractivity contribution >= 4 is 52.3 Å². The number of anilines is 2. The number of benzene rings is 1. The molecule has 0 radical (unpaired) electrons. The van der Waals surface area contributed by atoms with Crippen molar-refractivity contribution in [2.75, 3.05) is 49.5 Å². The lowest BCUT2D eigenvalue weighted by molar-refractivity contribution is 0.0997. The van der Waals surface area contributed by atoms with Crippen molar-refractivity contribution in [2.45, 2.75) is 25.4 Å². The summed E-state index contributed by atoms with van der Waals surface area (Å²) in [5.74, 6) is 0.824. The molecule has 10 heteroatoms. The van der Waals surface area contributed by atoms with Crippen LogP contribution in [0.1, 0.15) is 28.8 Å². The van der Waals surface area contributed by atoms with Crippen molar-refractivity contribution in [1.29, 1.82) is 0 Å². The average Bonchev–Trinajstić information content (AvgIpc) is 2.92. The zero-order valence-corrected chi connectivity index (χ0v) is 22.7. The third kappa shape index (κ3) is 6.72. The summed E-state index contributed by atoms with van der Waals surface area (Å²) in [5, 5.41) is 4.50. The Kier molecular flexibility index (Phi) is 8.47. The first-order valence-electron chi connectivity index (χ1n) is 12.5. The number of aromatic nitrogens is 2. The molecule has 2 saturated heterocycles. The summed E-state index contributed by atoms with van der Waals surface area (Å²) >= 11 is 18.4. The maximum atomic E-state index is 12.6. The summed E-state index contributed by atoms with van der Waals surface area (Å²) in [6, 6.07) is 13.7. The SMILES string of the molecule is O=C(Nc1ccc(Cl)cn1)c1cnc(N2CCN(C3CCN(Cc4ccc(Cl)cc4)CC3)CC2)c(Cl)c1. The lowest BCUT2D eigenvalue weighted by Gasteiger charge is -2.43. The number of hydrogen-bond donors (Lipinski definition) is 1. The first-order chi connectivity index (χ1) is 17.9. The van der Waals surface area contributed by atoms with Gasteiger partial charge in [0.15, 0.2) is 0 Å². The number of carbonyl (C=O) groups excluding carboxylic acids is 1. The summed E-state index contributed by atoms with van der Waals surface area (Å²) < 4.78 is 0. The van der Waals surface area contributed by atoms with E-state index < -0.39 is 0 Å². The molecule has 0 unspecified atom stereocenters. The molecule has 194 valence electrons. The van der Waals surface area contributed by atoms with Crippen LogP contribution in [0.25, 0.3) is 0 Å². The summed E-state index contributed by atoms with van der Waals surface area (Å²) in [6.07, 6.45) is 5.41. The molecule has 4 heterocycles. The van der Waals surface area contributed by atoms with Crippen LogP contribution in [-0.4, -0.2) is 71.0 Å². The lowest BCUT2D eigenvalue weighted by atomic mass is 10.0. The van der Waals surface area contributed by atoms with Gasteiger partial charge in [-0.1, -0.05) is 46.9 Å². The van der Waals surface area contributed by atoms with E-state index >= 15 is 0 Å². The highest BCUT2D eigenvalue weighted by Gasteiger charge is 2.28. The number of nitrogens with one attached hydrogen (secondary N) is 1. The van der Waals surface area contributed by atoms with E-state index in [1.807, 2.05) is 12.1 Å². The van der Waals surface area contributed by atoms with Gasteiger partial charge in [0, 0.05) is 56.2 Å². The maximum Gasteiger partial charge on any atom is 0.258 e. The number of piperidine rings is 1. The molecule has 2 aliphatic heterocycles. The van der Waals surface area contributed by atoms with Gasteiger partial charge in [0.05, 0.1) is 15.6 Å². The second-order valence-electron chi connectivity index (χ2n) is 9.50. The Morgan fingerprint density at radius 3 is 2.22 bits per heavy atom. The van der Waals surface area contributed by atoms with E-state index in [-0.39, 0.29) is 5.91 Å². The van der Waals surface area contributed by atoms with Gasteiger partial charge >= 0.3 is 0 Å². The predicted molar refractivity (Wildman–Crippen MR) is 150 cm³/mol. The third-order valence-electron chi connectivity index (χ3n) is 7.06. The van der Waals surface area contributed by atoms with E-state index in [4.69, 9.17) is 34.8 Å². The number of likely N-dealkylation sites (tertiary alicyclic amines) is 1. The largest absolute Gasteiger partial charge is 0.353 e. The van der Waals surface area contributed by atoms with Crippen molar-refractivity contribution in [3.8, 4) is 0 Å². The molecule has 1 aromatic carbocycles. The predicted octanol–water partition coefficient (Wildman–Crippen LogP) is 5.48. The second-order valence-corrected chi connectivity index (χ2v) is 10.8. The minimum absolute atomic E-state index is 0.317. The Labute approximate surface area is 232 Å². The number of carbonyl (C=O) groups is 1. The van der Waals surface area contributed by atoms with Crippen LogP contribution in [0.2, 0.25) is 15.1 Å². The molecule has 0 atom stereocenters. The van der Waals surface area contributed by atoms with Crippen LogP contribution in [0.15, 0.2) is 54.9 Å². The van der Waals surface area contributed by atoms with Gasteiger partial charge in [0.25, 0.3) is 5.91 Å². The molecular formula is C27H29Cl3N6O. The van der Waals surface area contributed by atoms with Crippen LogP contribution in [0.4, 0.5) is 11.6 Å². The van der Waals surface area contributed by atoms with Crippen LogP contribution in [0.5, 0.6) is 0 Å². The molecule has 2 aromatic heterocycles. The van der Waals surface area contributed by atoms with Crippen molar-refractivity contribution in [2.24, 2.45) is 0 Å². The number of rotatable bonds is 6. The monoisotopic (exact) mass is 558 g/mol. The van der Waals surface area contributed by atoms with E-state index in [0.29, 0.717) is 27.5 Å². The van der Waals surface area contributed by atoms with E-state index in [0.717, 1.165) is 56.7 Å². The van der Waals surface area contributed by atoms with Crippen LogP contribution in [0, 0.1) is 0 Å². The molecule has 2 aliphatic rings. The minimum atomic E-state index is -0.317. The van der Waals surface area contributed by atoms with Gasteiger partial charge < -0.3 is 10.2 Å². The molecule has 1 N–H and O–H groups in total. The van der Waals surface area contributed by atoms with Crippen LogP contribution < -0.4 is 10.2 Å². The van der Waals surface area contributed by atoms with Gasteiger partial charge in [0.1, 0.15) is 11.6 Å². The normalized spacial score (nSPS) is 17.6. The van der Waals surface area contributed by atoms with Gasteiger partial charge in [-0.2, -0.15) is 0 Å². The van der Waals surface area contributed by atoms with E-state index in [2.05, 4.69) is 42.1 Å². The first-order valence-corrected chi connectivity index (χ1v) is 13.6. The fraction of sp³-hybridized carbons (Fsp3) is 0.370. The Morgan fingerprint density at radius 1 is 0.865 bits per heavy atom. The number of pyridine rings is 2. The van der Waals surface area contributed by atoms with Gasteiger partial charge in [-0.15, -0.1) is 0 Å². The fourth-order valence-corrected chi connectivity index (χ4v) is 5.54. The number of amides is 1. The Morgan fingerprint density at radius 2 is 1.57 bits per heavy atom. The topological polar surface area (TPSA) is 64.6 Å². The number of piperazine rings is 1. The molecule has 3 aromatic rings. The highest BCUT2D eigenvalue weighted by Crippen LogP contribution is 2.27. The van der Waals surface area contributed by atoms with Crippen LogP contribution >= 0.6 is 34.8 Å². The molecule has 2 fully saturated rings.